The number of H-pyrrole nitrogens is 1. The van der Waals surface area contributed by atoms with Crippen LogP contribution >= 0.6 is 11.6 Å². The first-order valence-electron chi connectivity index (χ1n) is 8.69. The Morgan fingerprint density at radius 3 is 2.63 bits per heavy atom. The van der Waals surface area contributed by atoms with E-state index in [0.29, 0.717) is 28.3 Å². The molecule has 1 atom stereocenters. The molecule has 0 bridgehead atoms. The van der Waals surface area contributed by atoms with Gasteiger partial charge in [-0.2, -0.15) is 0 Å². The maximum Gasteiger partial charge on any atom is 0.279 e. The summed E-state index contributed by atoms with van der Waals surface area (Å²) in [5.74, 6) is 0.434. The van der Waals surface area contributed by atoms with Crippen molar-refractivity contribution >= 4 is 34.1 Å². The molecule has 0 saturated heterocycles. The van der Waals surface area contributed by atoms with Gasteiger partial charge in [0.05, 0.1) is 18.0 Å². The normalized spacial score (nSPS) is 12.1. The Kier molecular flexibility index (Phi) is 5.58. The SMILES string of the molecule is Cc1cccc(C)c1NC(=O)C[NH+](C)Cc1nc2cc(Cl)ccc2c(=O)[nH]1. The predicted molar refractivity (Wildman–Crippen MR) is 107 cm³/mol. The number of fused-ring (bicyclic) bond motifs is 1. The van der Waals surface area contributed by atoms with Crippen LogP contribution in [-0.2, 0) is 11.3 Å². The number of carbonyl (C=O) groups is 1. The van der Waals surface area contributed by atoms with Crippen molar-refractivity contribution < 1.29 is 9.69 Å². The van der Waals surface area contributed by atoms with Gasteiger partial charge in [0.1, 0.15) is 6.54 Å². The number of hydrogen-bond acceptors (Lipinski definition) is 3. The third-order valence-electron chi connectivity index (χ3n) is 4.39. The van der Waals surface area contributed by atoms with E-state index < -0.39 is 0 Å². The third-order valence-corrected chi connectivity index (χ3v) is 4.63. The number of halogens is 1. The van der Waals surface area contributed by atoms with Crippen molar-refractivity contribution in [1.29, 1.82) is 0 Å². The van der Waals surface area contributed by atoms with Crippen LogP contribution < -0.4 is 15.8 Å². The van der Waals surface area contributed by atoms with Gasteiger partial charge >= 0.3 is 0 Å². The second kappa shape index (κ2) is 7.90. The highest BCUT2D eigenvalue weighted by molar-refractivity contribution is 6.31. The van der Waals surface area contributed by atoms with Crippen molar-refractivity contribution in [3.8, 4) is 0 Å². The Bertz CT molecular complexity index is 1040. The lowest BCUT2D eigenvalue weighted by atomic mass is 10.1. The van der Waals surface area contributed by atoms with E-state index >= 15 is 0 Å². The lowest BCUT2D eigenvalue weighted by Crippen LogP contribution is -3.08. The van der Waals surface area contributed by atoms with Crippen LogP contribution in [0.15, 0.2) is 41.2 Å². The first-order chi connectivity index (χ1) is 12.8. The fraction of sp³-hybridized carbons (Fsp3) is 0.250. The predicted octanol–water partition coefficient (Wildman–Crippen LogP) is 1.85. The van der Waals surface area contributed by atoms with Crippen molar-refractivity contribution in [2.75, 3.05) is 18.9 Å². The summed E-state index contributed by atoms with van der Waals surface area (Å²) in [6.07, 6.45) is 0. The number of quaternary nitrogens is 1. The first-order valence-corrected chi connectivity index (χ1v) is 9.07. The zero-order valence-corrected chi connectivity index (χ0v) is 16.3. The van der Waals surface area contributed by atoms with Crippen LogP contribution in [0, 0.1) is 13.8 Å². The van der Waals surface area contributed by atoms with E-state index in [4.69, 9.17) is 11.6 Å². The zero-order valence-electron chi connectivity index (χ0n) is 15.5. The standard InChI is InChI=1S/C20H21ClN4O2/c1-12-5-4-6-13(2)19(12)24-18(26)11-25(3)10-17-22-16-9-14(21)7-8-15(16)20(27)23-17/h4-9H,10-11H2,1-3H3,(H,24,26)(H,22,23,27)/p+1. The molecule has 0 fully saturated rings. The topological polar surface area (TPSA) is 79.3 Å². The van der Waals surface area contributed by atoms with Crippen LogP contribution in [0.1, 0.15) is 17.0 Å². The molecule has 0 saturated carbocycles. The van der Waals surface area contributed by atoms with Crippen molar-refractivity contribution in [2.24, 2.45) is 0 Å². The number of carbonyl (C=O) groups excluding carboxylic acids is 1. The number of amides is 1. The van der Waals surface area contributed by atoms with Gasteiger partial charge in [-0.25, -0.2) is 4.98 Å². The number of rotatable bonds is 5. The Labute approximate surface area is 162 Å². The maximum absolute atomic E-state index is 12.4. The lowest BCUT2D eigenvalue weighted by molar-refractivity contribution is -0.885. The van der Waals surface area contributed by atoms with Crippen LogP contribution in [0.25, 0.3) is 10.9 Å². The number of likely N-dealkylation sites (N-methyl/N-ethyl adjacent to an activating group) is 1. The number of nitrogens with one attached hydrogen (secondary N) is 3. The molecule has 3 N–H and O–H groups in total. The summed E-state index contributed by atoms with van der Waals surface area (Å²) in [4.78, 5) is 32.8. The molecule has 6 nitrogen and oxygen atoms in total. The highest BCUT2D eigenvalue weighted by Crippen LogP contribution is 2.19. The van der Waals surface area contributed by atoms with E-state index in [-0.39, 0.29) is 18.0 Å². The second-order valence-electron chi connectivity index (χ2n) is 6.80. The smallest absolute Gasteiger partial charge is 0.279 e. The molecular weight excluding hydrogens is 364 g/mol. The van der Waals surface area contributed by atoms with Crippen LogP contribution in [0.3, 0.4) is 0 Å². The summed E-state index contributed by atoms with van der Waals surface area (Å²) >= 11 is 5.99. The van der Waals surface area contributed by atoms with Crippen molar-refractivity contribution in [1.82, 2.24) is 9.97 Å². The average molecular weight is 386 g/mol. The van der Waals surface area contributed by atoms with Gasteiger partial charge in [-0.3, -0.25) is 9.59 Å². The summed E-state index contributed by atoms with van der Waals surface area (Å²) in [6, 6.07) is 10.9. The molecule has 0 aliphatic heterocycles. The van der Waals surface area contributed by atoms with Crippen LogP contribution in [0.5, 0.6) is 0 Å². The Morgan fingerprint density at radius 1 is 1.22 bits per heavy atom. The summed E-state index contributed by atoms with van der Waals surface area (Å²) in [7, 11) is 1.88. The fourth-order valence-corrected chi connectivity index (χ4v) is 3.23. The van der Waals surface area contributed by atoms with E-state index in [0.717, 1.165) is 21.7 Å². The Hall–Kier alpha value is -2.70. The maximum atomic E-state index is 12.4. The van der Waals surface area contributed by atoms with Gasteiger partial charge in [-0.05, 0) is 43.2 Å². The van der Waals surface area contributed by atoms with Crippen LogP contribution in [-0.4, -0.2) is 29.5 Å². The highest BCUT2D eigenvalue weighted by Gasteiger charge is 2.15. The molecule has 1 unspecified atom stereocenters. The van der Waals surface area contributed by atoms with Crippen molar-refractivity contribution in [2.45, 2.75) is 20.4 Å². The molecule has 3 aromatic rings. The monoisotopic (exact) mass is 385 g/mol. The molecule has 27 heavy (non-hydrogen) atoms. The average Bonchev–Trinajstić information content (AvgIpc) is 2.57. The van der Waals surface area contributed by atoms with Gasteiger partial charge in [0, 0.05) is 10.7 Å². The van der Waals surface area contributed by atoms with E-state index in [9.17, 15) is 9.59 Å². The van der Waals surface area contributed by atoms with Gasteiger partial charge < -0.3 is 15.2 Å². The molecule has 0 spiro atoms. The number of nitrogens with zero attached hydrogens (tertiary/aromatic N) is 1. The highest BCUT2D eigenvalue weighted by atomic mass is 35.5. The molecule has 3 rings (SSSR count). The van der Waals surface area contributed by atoms with Gasteiger partial charge in [0.25, 0.3) is 11.5 Å². The molecule has 1 heterocycles. The molecule has 0 aliphatic carbocycles. The third kappa shape index (κ3) is 4.53. The molecule has 140 valence electrons. The van der Waals surface area contributed by atoms with Gasteiger partial charge in [0.15, 0.2) is 12.4 Å². The summed E-state index contributed by atoms with van der Waals surface area (Å²) < 4.78 is 0. The Balaban J connectivity index is 1.70. The quantitative estimate of drug-likeness (QED) is 0.627. The van der Waals surface area contributed by atoms with Crippen molar-refractivity contribution in [3.63, 3.8) is 0 Å². The number of aryl methyl sites for hydroxylation is 2. The number of aromatic amines is 1. The van der Waals surface area contributed by atoms with Gasteiger partial charge in [0.2, 0.25) is 0 Å². The number of benzene rings is 2. The van der Waals surface area contributed by atoms with Crippen molar-refractivity contribution in [3.05, 3.63) is 68.7 Å². The molecule has 0 radical (unpaired) electrons. The zero-order chi connectivity index (χ0) is 19.6. The van der Waals surface area contributed by atoms with E-state index in [1.807, 2.05) is 39.1 Å². The number of aromatic nitrogens is 2. The summed E-state index contributed by atoms with van der Waals surface area (Å²) in [6.45, 7) is 4.60. The minimum atomic E-state index is -0.209. The molecule has 7 heteroatoms. The lowest BCUT2D eigenvalue weighted by Gasteiger charge is -2.15. The first kappa shape index (κ1) is 19.1. The summed E-state index contributed by atoms with van der Waals surface area (Å²) in [5.41, 5.74) is 3.24. The molecule has 2 aromatic carbocycles. The van der Waals surface area contributed by atoms with E-state index in [1.54, 1.807) is 18.2 Å². The molecule has 1 aromatic heterocycles. The number of hydrogen-bond donors (Lipinski definition) is 3. The molecule has 0 aliphatic rings. The molecular formula is C20H22ClN4O2+. The van der Waals surface area contributed by atoms with E-state index in [1.165, 1.54) is 0 Å². The van der Waals surface area contributed by atoms with Gasteiger partial charge in [-0.15, -0.1) is 0 Å². The van der Waals surface area contributed by atoms with Crippen LogP contribution in [0.2, 0.25) is 5.02 Å². The fourth-order valence-electron chi connectivity index (χ4n) is 3.06. The van der Waals surface area contributed by atoms with Gasteiger partial charge in [-0.1, -0.05) is 29.8 Å². The van der Waals surface area contributed by atoms with Crippen LogP contribution in [0.4, 0.5) is 5.69 Å². The second-order valence-corrected chi connectivity index (χ2v) is 7.24. The number of para-hydroxylation sites is 1. The minimum absolute atomic E-state index is 0.0870. The number of anilines is 1. The summed E-state index contributed by atoms with van der Waals surface area (Å²) in [5, 5.41) is 4.00. The Morgan fingerprint density at radius 2 is 1.93 bits per heavy atom. The van der Waals surface area contributed by atoms with E-state index in [2.05, 4.69) is 15.3 Å². The molecule has 1 amide bonds. The largest absolute Gasteiger partial charge is 0.323 e. The minimum Gasteiger partial charge on any atom is -0.323 e.